The van der Waals surface area contributed by atoms with E-state index in [9.17, 15) is 10.2 Å². The Morgan fingerprint density at radius 3 is 2.83 bits per heavy atom. The van der Waals surface area contributed by atoms with Crippen LogP contribution < -0.4 is 5.32 Å². The SMILES string of the molecule is CNCC(Cc1cccs1)C1CCCc2c1ccc(O)c2O.Cl. The van der Waals surface area contributed by atoms with E-state index in [1.165, 1.54) is 10.4 Å². The van der Waals surface area contributed by atoms with Crippen molar-refractivity contribution in [1.29, 1.82) is 0 Å². The Morgan fingerprint density at radius 2 is 2.13 bits per heavy atom. The van der Waals surface area contributed by atoms with E-state index < -0.39 is 0 Å². The highest BCUT2D eigenvalue weighted by molar-refractivity contribution is 7.09. The molecule has 1 aliphatic carbocycles. The molecule has 0 radical (unpaired) electrons. The van der Waals surface area contributed by atoms with Crippen molar-refractivity contribution in [2.75, 3.05) is 13.6 Å². The number of aromatic hydroxyl groups is 2. The van der Waals surface area contributed by atoms with Crippen LogP contribution in [0.5, 0.6) is 11.5 Å². The van der Waals surface area contributed by atoms with Gasteiger partial charge in [-0.05, 0) is 74.2 Å². The topological polar surface area (TPSA) is 52.5 Å². The number of halogens is 1. The van der Waals surface area contributed by atoms with Crippen LogP contribution in [0.2, 0.25) is 0 Å². The van der Waals surface area contributed by atoms with Crippen molar-refractivity contribution in [3.8, 4) is 11.5 Å². The highest BCUT2D eigenvalue weighted by Gasteiger charge is 2.30. The van der Waals surface area contributed by atoms with Gasteiger partial charge in [0.1, 0.15) is 0 Å². The fraction of sp³-hybridized carbons (Fsp3) is 0.444. The van der Waals surface area contributed by atoms with Crippen molar-refractivity contribution in [2.45, 2.75) is 31.6 Å². The van der Waals surface area contributed by atoms with Crippen LogP contribution in [0.4, 0.5) is 0 Å². The van der Waals surface area contributed by atoms with Crippen LogP contribution in [0.25, 0.3) is 0 Å². The van der Waals surface area contributed by atoms with Crippen LogP contribution in [0.1, 0.15) is 34.8 Å². The van der Waals surface area contributed by atoms with Gasteiger partial charge in [0.2, 0.25) is 0 Å². The van der Waals surface area contributed by atoms with Crippen LogP contribution in [0.3, 0.4) is 0 Å². The van der Waals surface area contributed by atoms with Gasteiger partial charge in [-0.1, -0.05) is 12.1 Å². The van der Waals surface area contributed by atoms with Crippen molar-refractivity contribution in [2.24, 2.45) is 5.92 Å². The quantitative estimate of drug-likeness (QED) is 0.710. The maximum atomic E-state index is 10.2. The summed E-state index contributed by atoms with van der Waals surface area (Å²) in [5.41, 5.74) is 2.17. The van der Waals surface area contributed by atoms with Crippen LogP contribution in [-0.4, -0.2) is 23.8 Å². The molecular weight excluding hydrogens is 330 g/mol. The maximum absolute atomic E-state index is 10.2. The minimum absolute atomic E-state index is 0. The van der Waals surface area contributed by atoms with E-state index in [-0.39, 0.29) is 23.9 Å². The van der Waals surface area contributed by atoms with E-state index in [1.807, 2.05) is 24.5 Å². The van der Waals surface area contributed by atoms with E-state index in [0.717, 1.165) is 37.8 Å². The highest BCUT2D eigenvalue weighted by atomic mass is 35.5. The molecule has 3 rings (SSSR count). The van der Waals surface area contributed by atoms with Crippen molar-refractivity contribution in [3.63, 3.8) is 0 Å². The van der Waals surface area contributed by atoms with Gasteiger partial charge in [0.15, 0.2) is 11.5 Å². The van der Waals surface area contributed by atoms with Crippen molar-refractivity contribution >= 4 is 23.7 Å². The number of phenols is 2. The molecule has 3 N–H and O–H groups in total. The Morgan fingerprint density at radius 1 is 1.30 bits per heavy atom. The molecule has 1 aromatic carbocycles. The van der Waals surface area contributed by atoms with Gasteiger partial charge in [0.25, 0.3) is 0 Å². The molecule has 2 unspecified atom stereocenters. The van der Waals surface area contributed by atoms with Gasteiger partial charge in [0.05, 0.1) is 0 Å². The first-order valence-corrected chi connectivity index (χ1v) is 8.79. The Bertz CT molecular complexity index is 630. The zero-order valence-electron chi connectivity index (χ0n) is 13.3. The Balaban J connectivity index is 0.00000192. The summed E-state index contributed by atoms with van der Waals surface area (Å²) in [5, 5.41) is 25.4. The lowest BCUT2D eigenvalue weighted by Crippen LogP contribution is -2.28. The largest absolute Gasteiger partial charge is 0.504 e. The van der Waals surface area contributed by atoms with Crippen molar-refractivity contribution in [3.05, 3.63) is 45.6 Å². The van der Waals surface area contributed by atoms with Gasteiger partial charge in [-0.2, -0.15) is 0 Å². The Kier molecular flexibility index (Phi) is 6.33. The molecule has 2 aromatic rings. The average molecular weight is 354 g/mol. The first-order chi connectivity index (χ1) is 10.7. The van der Waals surface area contributed by atoms with Gasteiger partial charge in [-0.15, -0.1) is 23.7 Å². The smallest absolute Gasteiger partial charge is 0.160 e. The monoisotopic (exact) mass is 353 g/mol. The van der Waals surface area contributed by atoms with Crippen LogP contribution in [0, 0.1) is 5.92 Å². The summed E-state index contributed by atoms with van der Waals surface area (Å²) >= 11 is 1.81. The van der Waals surface area contributed by atoms with Crippen molar-refractivity contribution < 1.29 is 10.2 Å². The maximum Gasteiger partial charge on any atom is 0.160 e. The molecule has 23 heavy (non-hydrogen) atoms. The molecule has 0 fully saturated rings. The standard InChI is InChI=1S/C18H23NO2S.ClH/c1-19-11-12(10-13-4-3-9-22-13)14-5-2-6-16-15(14)7-8-17(20)18(16)21;/h3-4,7-9,12,14,19-21H,2,5-6,10-11H2,1H3;1H. The molecule has 0 spiro atoms. The second-order valence-electron chi connectivity index (χ2n) is 6.10. The number of thiophene rings is 1. The number of hydrogen-bond acceptors (Lipinski definition) is 4. The van der Waals surface area contributed by atoms with E-state index >= 15 is 0 Å². The normalized spacial score (nSPS) is 18.0. The van der Waals surface area contributed by atoms with Gasteiger partial charge < -0.3 is 15.5 Å². The lowest BCUT2D eigenvalue weighted by Gasteiger charge is -2.33. The van der Waals surface area contributed by atoms with E-state index in [1.54, 1.807) is 6.07 Å². The first kappa shape index (κ1) is 18.1. The molecule has 1 aliphatic rings. The summed E-state index contributed by atoms with van der Waals surface area (Å²) < 4.78 is 0. The second-order valence-corrected chi connectivity index (χ2v) is 7.13. The summed E-state index contributed by atoms with van der Waals surface area (Å²) in [6.07, 6.45) is 4.13. The molecule has 2 atom stereocenters. The fourth-order valence-corrected chi connectivity index (χ4v) is 4.50. The highest BCUT2D eigenvalue weighted by Crippen LogP contribution is 2.44. The van der Waals surface area contributed by atoms with Crippen LogP contribution >= 0.6 is 23.7 Å². The summed E-state index contributed by atoms with van der Waals surface area (Å²) in [6.45, 7) is 0.962. The fourth-order valence-electron chi connectivity index (χ4n) is 3.70. The Labute approximate surface area is 147 Å². The number of benzene rings is 1. The van der Waals surface area contributed by atoms with Gasteiger partial charge in [-0.25, -0.2) is 0 Å². The molecule has 1 aromatic heterocycles. The minimum atomic E-state index is 0. The van der Waals surface area contributed by atoms with E-state index in [0.29, 0.717) is 11.8 Å². The van der Waals surface area contributed by atoms with Crippen LogP contribution in [-0.2, 0) is 12.8 Å². The molecule has 0 saturated carbocycles. The lowest BCUT2D eigenvalue weighted by molar-refractivity contribution is 0.354. The summed E-state index contributed by atoms with van der Waals surface area (Å²) in [6, 6.07) is 7.94. The number of fused-ring (bicyclic) bond motifs is 1. The molecule has 3 nitrogen and oxygen atoms in total. The summed E-state index contributed by atoms with van der Waals surface area (Å²) in [7, 11) is 2.00. The summed E-state index contributed by atoms with van der Waals surface area (Å²) in [5.74, 6) is 1.03. The number of phenolic OH excluding ortho intramolecular Hbond substituents is 2. The number of hydrogen-bond donors (Lipinski definition) is 3. The molecular formula is C18H24ClNO2S. The molecule has 1 heterocycles. The third-order valence-electron chi connectivity index (χ3n) is 4.72. The average Bonchev–Trinajstić information content (AvgIpc) is 3.03. The van der Waals surface area contributed by atoms with Gasteiger partial charge >= 0.3 is 0 Å². The lowest BCUT2D eigenvalue weighted by atomic mass is 9.74. The number of rotatable bonds is 5. The zero-order valence-corrected chi connectivity index (χ0v) is 14.9. The molecule has 0 saturated heterocycles. The van der Waals surface area contributed by atoms with Gasteiger partial charge in [-0.3, -0.25) is 0 Å². The second kappa shape index (κ2) is 8.04. The molecule has 5 heteroatoms. The first-order valence-electron chi connectivity index (χ1n) is 7.91. The Hall–Kier alpha value is -1.23. The predicted molar refractivity (Wildman–Crippen MR) is 98.1 cm³/mol. The summed E-state index contributed by atoms with van der Waals surface area (Å²) in [4.78, 5) is 1.41. The van der Waals surface area contributed by atoms with Gasteiger partial charge in [0, 0.05) is 10.4 Å². The number of nitrogens with one attached hydrogen (secondary N) is 1. The van der Waals surface area contributed by atoms with E-state index in [4.69, 9.17) is 0 Å². The minimum Gasteiger partial charge on any atom is -0.504 e. The third-order valence-corrected chi connectivity index (χ3v) is 5.62. The van der Waals surface area contributed by atoms with Crippen molar-refractivity contribution in [1.82, 2.24) is 5.32 Å². The van der Waals surface area contributed by atoms with E-state index in [2.05, 4.69) is 22.8 Å². The molecule has 0 aliphatic heterocycles. The zero-order chi connectivity index (χ0) is 15.5. The predicted octanol–water partition coefficient (Wildman–Crippen LogP) is 4.08. The molecule has 126 valence electrons. The molecule has 0 amide bonds. The third kappa shape index (κ3) is 3.82. The molecule has 0 bridgehead atoms. The van der Waals surface area contributed by atoms with Crippen LogP contribution in [0.15, 0.2) is 29.6 Å².